The van der Waals surface area contributed by atoms with Crippen molar-refractivity contribution in [3.63, 3.8) is 0 Å². The Kier molecular flexibility index (Phi) is 4.41. The van der Waals surface area contributed by atoms with Crippen LogP contribution in [0.1, 0.15) is 5.69 Å². The molecule has 2 heterocycles. The summed E-state index contributed by atoms with van der Waals surface area (Å²) in [6.45, 7) is 1.88. The fraction of sp³-hybridized carbons (Fsp3) is 0.0714. The average molecular weight is 389 g/mol. The average Bonchev–Trinajstić information content (AvgIpc) is 3.11. The summed E-state index contributed by atoms with van der Waals surface area (Å²) in [4.78, 5) is 4.33. The molecule has 0 bridgehead atoms. The van der Waals surface area contributed by atoms with Gasteiger partial charge in [0.2, 0.25) is 0 Å². The minimum Gasteiger partial charge on any atom is -0.279 e. The van der Waals surface area contributed by atoms with Crippen molar-refractivity contribution >= 4 is 50.0 Å². The lowest BCUT2D eigenvalue weighted by Gasteiger charge is -2.06. The molecule has 0 aliphatic heterocycles. The number of nitrogens with zero attached hydrogens (tertiary/aromatic N) is 1. The van der Waals surface area contributed by atoms with Crippen LogP contribution in [0.2, 0.25) is 5.02 Å². The molecule has 3 aromatic rings. The molecule has 0 fully saturated rings. The van der Waals surface area contributed by atoms with Crippen molar-refractivity contribution in [2.75, 3.05) is 4.72 Å². The van der Waals surface area contributed by atoms with Gasteiger partial charge in [0, 0.05) is 22.0 Å². The minimum absolute atomic E-state index is 0.143. The molecule has 0 amide bonds. The molecule has 0 aliphatic carbocycles. The van der Waals surface area contributed by atoms with E-state index in [-0.39, 0.29) is 14.9 Å². The quantitative estimate of drug-likeness (QED) is 0.700. The highest BCUT2D eigenvalue weighted by atomic mass is 35.5. The Balaban J connectivity index is 1.88. The van der Waals surface area contributed by atoms with E-state index in [0.29, 0.717) is 0 Å². The molecule has 3 rings (SSSR count). The van der Waals surface area contributed by atoms with Gasteiger partial charge in [-0.2, -0.15) is 0 Å². The van der Waals surface area contributed by atoms with Crippen molar-refractivity contribution in [2.45, 2.75) is 11.1 Å². The van der Waals surface area contributed by atoms with Crippen molar-refractivity contribution in [1.82, 2.24) is 4.98 Å². The first-order chi connectivity index (χ1) is 10.8. The predicted octanol–water partition coefficient (Wildman–Crippen LogP) is 4.77. The zero-order chi connectivity index (χ0) is 16.6. The van der Waals surface area contributed by atoms with Crippen molar-refractivity contribution in [2.24, 2.45) is 0 Å². The summed E-state index contributed by atoms with van der Waals surface area (Å²) in [5, 5.41) is 4.27. The summed E-state index contributed by atoms with van der Waals surface area (Å²) in [6.07, 6.45) is 0. The van der Waals surface area contributed by atoms with Crippen LogP contribution in [0.4, 0.5) is 10.1 Å². The van der Waals surface area contributed by atoms with Crippen molar-refractivity contribution in [3.05, 3.63) is 51.6 Å². The van der Waals surface area contributed by atoms with Crippen molar-refractivity contribution in [1.29, 1.82) is 0 Å². The number of anilines is 1. The van der Waals surface area contributed by atoms with Crippen LogP contribution < -0.4 is 4.72 Å². The predicted molar refractivity (Wildman–Crippen MR) is 92.4 cm³/mol. The topological polar surface area (TPSA) is 59.1 Å². The van der Waals surface area contributed by atoms with Crippen LogP contribution in [0, 0.1) is 12.7 Å². The van der Waals surface area contributed by atoms with Crippen LogP contribution in [-0.2, 0) is 10.0 Å². The maximum absolute atomic E-state index is 13.1. The van der Waals surface area contributed by atoms with Gasteiger partial charge in [0.05, 0.1) is 10.7 Å². The highest BCUT2D eigenvalue weighted by molar-refractivity contribution is 7.94. The van der Waals surface area contributed by atoms with Crippen LogP contribution in [0.3, 0.4) is 0 Å². The molecule has 0 spiro atoms. The molecule has 0 radical (unpaired) electrons. The van der Waals surface area contributed by atoms with E-state index in [0.717, 1.165) is 33.7 Å². The molecule has 0 unspecified atom stereocenters. The zero-order valence-electron chi connectivity index (χ0n) is 11.7. The monoisotopic (exact) mass is 388 g/mol. The van der Waals surface area contributed by atoms with Crippen molar-refractivity contribution in [3.8, 4) is 10.6 Å². The molecule has 9 heteroatoms. The fourth-order valence-corrected chi connectivity index (χ4v) is 5.08. The summed E-state index contributed by atoms with van der Waals surface area (Å²) in [5.74, 6) is -0.604. The van der Waals surface area contributed by atoms with E-state index in [4.69, 9.17) is 11.6 Å². The number of nitrogens with one attached hydrogen (secondary N) is 1. The third-order valence-corrected chi connectivity index (χ3v) is 7.00. The number of thiazole rings is 1. The summed E-state index contributed by atoms with van der Waals surface area (Å²) >= 11 is 8.21. The molecule has 1 aromatic carbocycles. The molecule has 23 heavy (non-hydrogen) atoms. The van der Waals surface area contributed by atoms with Crippen molar-refractivity contribution < 1.29 is 12.8 Å². The van der Waals surface area contributed by atoms with Crippen LogP contribution in [0.5, 0.6) is 0 Å². The van der Waals surface area contributed by atoms with Gasteiger partial charge < -0.3 is 0 Å². The maximum atomic E-state index is 13.1. The fourth-order valence-electron chi connectivity index (χ4n) is 1.82. The van der Waals surface area contributed by atoms with E-state index < -0.39 is 15.8 Å². The van der Waals surface area contributed by atoms with Gasteiger partial charge in [-0.15, -0.1) is 22.7 Å². The third-order valence-electron chi connectivity index (χ3n) is 2.88. The summed E-state index contributed by atoms with van der Waals surface area (Å²) in [5.41, 5.74) is 1.85. The Morgan fingerprint density at radius 3 is 2.65 bits per heavy atom. The number of rotatable bonds is 4. The Bertz CT molecular complexity index is 966. The summed E-state index contributed by atoms with van der Waals surface area (Å²) in [7, 11) is -3.76. The van der Waals surface area contributed by atoms with Crippen LogP contribution in [0.15, 0.2) is 39.2 Å². The van der Waals surface area contributed by atoms with Crippen LogP contribution in [-0.4, -0.2) is 13.4 Å². The minimum atomic E-state index is -3.76. The van der Waals surface area contributed by atoms with E-state index in [9.17, 15) is 12.8 Å². The van der Waals surface area contributed by atoms with Gasteiger partial charge in [-0.25, -0.2) is 17.8 Å². The summed E-state index contributed by atoms with van der Waals surface area (Å²) in [6, 6.07) is 5.22. The largest absolute Gasteiger partial charge is 0.279 e. The molecule has 2 aromatic heterocycles. The summed E-state index contributed by atoms with van der Waals surface area (Å²) < 4.78 is 40.5. The second-order valence-electron chi connectivity index (χ2n) is 4.68. The second kappa shape index (κ2) is 6.20. The van der Waals surface area contributed by atoms with Crippen LogP contribution >= 0.6 is 34.3 Å². The first kappa shape index (κ1) is 16.4. The Morgan fingerprint density at radius 1 is 1.22 bits per heavy atom. The smallest absolute Gasteiger partial charge is 0.271 e. The van der Waals surface area contributed by atoms with Gasteiger partial charge in [-0.05, 0) is 31.2 Å². The van der Waals surface area contributed by atoms with Gasteiger partial charge in [-0.1, -0.05) is 11.6 Å². The zero-order valence-corrected chi connectivity index (χ0v) is 14.9. The molecule has 1 N–H and O–H groups in total. The lowest BCUT2D eigenvalue weighted by molar-refractivity contribution is 0.603. The van der Waals surface area contributed by atoms with Gasteiger partial charge in [0.15, 0.2) is 0 Å². The standard InChI is InChI=1S/C14H10ClFN2O2S3/c1-8-6-22-14(17-8)9-4-13(21-7-9)23(19,20)18-10-2-3-12(16)11(15)5-10/h2-7,18H,1H3. The number of benzene rings is 1. The maximum Gasteiger partial charge on any atom is 0.271 e. The molecule has 0 saturated carbocycles. The van der Waals surface area contributed by atoms with E-state index in [1.54, 1.807) is 11.4 Å². The normalized spacial score (nSPS) is 11.6. The number of sulfonamides is 1. The SMILES string of the molecule is Cc1csc(-c2csc(S(=O)(=O)Nc3ccc(F)c(Cl)c3)c2)n1. The van der Waals surface area contributed by atoms with Gasteiger partial charge in [0.25, 0.3) is 10.0 Å². The number of hydrogen-bond donors (Lipinski definition) is 1. The lowest BCUT2D eigenvalue weighted by Crippen LogP contribution is -2.11. The van der Waals surface area contributed by atoms with Gasteiger partial charge >= 0.3 is 0 Å². The van der Waals surface area contributed by atoms with Gasteiger partial charge in [0.1, 0.15) is 15.0 Å². The number of thiophene rings is 1. The first-order valence-electron chi connectivity index (χ1n) is 6.34. The van der Waals surface area contributed by atoms with E-state index >= 15 is 0 Å². The number of aromatic nitrogens is 1. The van der Waals surface area contributed by atoms with E-state index in [1.165, 1.54) is 23.5 Å². The molecular weight excluding hydrogens is 379 g/mol. The highest BCUT2D eigenvalue weighted by Crippen LogP contribution is 2.31. The number of hydrogen-bond acceptors (Lipinski definition) is 5. The second-order valence-corrected chi connectivity index (χ2v) is 8.77. The Morgan fingerprint density at radius 2 is 2.00 bits per heavy atom. The third kappa shape index (κ3) is 3.55. The molecule has 120 valence electrons. The lowest BCUT2D eigenvalue weighted by atomic mass is 10.3. The number of aryl methyl sites for hydroxylation is 1. The molecule has 0 aliphatic rings. The molecule has 4 nitrogen and oxygen atoms in total. The van der Waals surface area contributed by atoms with E-state index in [1.807, 2.05) is 12.3 Å². The molecule has 0 atom stereocenters. The van der Waals surface area contributed by atoms with Crippen LogP contribution in [0.25, 0.3) is 10.6 Å². The number of halogens is 2. The van der Waals surface area contributed by atoms with Gasteiger partial charge in [-0.3, -0.25) is 4.72 Å². The molecule has 0 saturated heterocycles. The molecular formula is C14H10ClFN2O2S3. The Hall–Kier alpha value is -1.48. The first-order valence-corrected chi connectivity index (χ1v) is 9.96. The van der Waals surface area contributed by atoms with E-state index in [2.05, 4.69) is 9.71 Å². The highest BCUT2D eigenvalue weighted by Gasteiger charge is 2.19. The Labute approximate surface area is 145 Å².